The number of carbonyl (C=O) groups excluding carboxylic acids is 2. The Morgan fingerprint density at radius 1 is 1.30 bits per heavy atom. The highest BCUT2D eigenvalue weighted by atomic mass is 35.5. The van der Waals surface area contributed by atoms with Gasteiger partial charge < -0.3 is 15.5 Å². The van der Waals surface area contributed by atoms with Crippen LogP contribution in [0.4, 0.5) is 0 Å². The van der Waals surface area contributed by atoms with E-state index in [2.05, 4.69) is 15.6 Å². The summed E-state index contributed by atoms with van der Waals surface area (Å²) in [6.45, 7) is 2.10. The number of aromatic nitrogens is 1. The molecule has 1 aliphatic rings. The van der Waals surface area contributed by atoms with Crippen molar-refractivity contribution < 1.29 is 9.59 Å². The Bertz CT molecular complexity index is 773. The number of nitrogens with zero attached hydrogens (tertiary/aromatic N) is 2. The smallest absolute Gasteiger partial charge is 0.240 e. The average Bonchev–Trinajstić information content (AvgIpc) is 2.66. The summed E-state index contributed by atoms with van der Waals surface area (Å²) in [5.74, 6) is -0.244. The Morgan fingerprint density at radius 2 is 2.11 bits per heavy atom. The van der Waals surface area contributed by atoms with Gasteiger partial charge in [-0.05, 0) is 23.3 Å². The van der Waals surface area contributed by atoms with Gasteiger partial charge in [0.15, 0.2) is 0 Å². The third-order valence-corrected chi connectivity index (χ3v) is 4.67. The first-order valence-corrected chi connectivity index (χ1v) is 8.92. The predicted molar refractivity (Wildman–Crippen MR) is 107 cm³/mol. The first kappa shape index (κ1) is 21.2. The van der Waals surface area contributed by atoms with Crippen LogP contribution in [0.5, 0.6) is 0 Å². The SMILES string of the molecule is Cl.O=C(CC1NCCN(Cc2ccccc2Cl)C1=O)NCc1cccnc1. The molecule has 1 unspecified atom stereocenters. The van der Waals surface area contributed by atoms with Gasteiger partial charge in [-0.15, -0.1) is 12.4 Å². The number of nitrogens with one attached hydrogen (secondary N) is 2. The quantitative estimate of drug-likeness (QED) is 0.767. The molecule has 6 nitrogen and oxygen atoms in total. The van der Waals surface area contributed by atoms with Gasteiger partial charge in [-0.2, -0.15) is 0 Å². The van der Waals surface area contributed by atoms with Gasteiger partial charge >= 0.3 is 0 Å². The molecule has 27 heavy (non-hydrogen) atoms. The fourth-order valence-electron chi connectivity index (χ4n) is 2.90. The largest absolute Gasteiger partial charge is 0.352 e. The highest BCUT2D eigenvalue weighted by Crippen LogP contribution is 2.18. The molecular formula is C19H22Cl2N4O2. The van der Waals surface area contributed by atoms with Crippen molar-refractivity contribution in [1.82, 2.24) is 20.5 Å². The Morgan fingerprint density at radius 3 is 2.85 bits per heavy atom. The van der Waals surface area contributed by atoms with Crippen LogP contribution in [0, 0.1) is 0 Å². The van der Waals surface area contributed by atoms with E-state index in [-0.39, 0.29) is 30.6 Å². The molecule has 1 aromatic heterocycles. The number of hydrogen-bond acceptors (Lipinski definition) is 4. The minimum Gasteiger partial charge on any atom is -0.352 e. The van der Waals surface area contributed by atoms with Gasteiger partial charge in [0.1, 0.15) is 0 Å². The van der Waals surface area contributed by atoms with Crippen LogP contribution in [0.25, 0.3) is 0 Å². The normalized spacial score (nSPS) is 16.6. The summed E-state index contributed by atoms with van der Waals surface area (Å²) < 4.78 is 0. The van der Waals surface area contributed by atoms with Gasteiger partial charge in [-0.3, -0.25) is 14.6 Å². The molecule has 1 aromatic carbocycles. The van der Waals surface area contributed by atoms with E-state index >= 15 is 0 Å². The summed E-state index contributed by atoms with van der Waals surface area (Å²) in [4.78, 5) is 30.6. The number of carbonyl (C=O) groups is 2. The van der Waals surface area contributed by atoms with Crippen LogP contribution in [0.3, 0.4) is 0 Å². The number of benzene rings is 1. The molecule has 1 saturated heterocycles. The van der Waals surface area contributed by atoms with Crippen molar-refractivity contribution in [3.8, 4) is 0 Å². The van der Waals surface area contributed by atoms with E-state index in [0.717, 1.165) is 11.1 Å². The van der Waals surface area contributed by atoms with Crippen LogP contribution in [-0.2, 0) is 22.7 Å². The van der Waals surface area contributed by atoms with Gasteiger partial charge in [-0.1, -0.05) is 35.9 Å². The van der Waals surface area contributed by atoms with E-state index in [9.17, 15) is 9.59 Å². The molecule has 1 atom stereocenters. The monoisotopic (exact) mass is 408 g/mol. The van der Waals surface area contributed by atoms with Crippen molar-refractivity contribution in [3.05, 3.63) is 64.9 Å². The first-order chi connectivity index (χ1) is 12.6. The zero-order chi connectivity index (χ0) is 18.4. The molecule has 3 rings (SSSR count). The maximum atomic E-state index is 12.7. The summed E-state index contributed by atoms with van der Waals surface area (Å²) in [5, 5.41) is 6.60. The molecule has 2 amide bonds. The lowest BCUT2D eigenvalue weighted by Gasteiger charge is -2.33. The molecule has 0 aliphatic carbocycles. The van der Waals surface area contributed by atoms with Gasteiger partial charge in [-0.25, -0.2) is 0 Å². The van der Waals surface area contributed by atoms with Gasteiger partial charge in [0.25, 0.3) is 0 Å². The standard InChI is InChI=1S/C19H21ClN4O2.ClH/c20-16-6-2-1-5-15(16)13-24-9-8-22-17(19(24)26)10-18(25)23-12-14-4-3-7-21-11-14;/h1-7,11,17,22H,8-10,12-13H2,(H,23,25);1H. The molecule has 2 aromatic rings. The molecule has 8 heteroatoms. The second-order valence-electron chi connectivity index (χ2n) is 6.20. The van der Waals surface area contributed by atoms with Gasteiger partial charge in [0.2, 0.25) is 11.8 Å². The van der Waals surface area contributed by atoms with Crippen molar-refractivity contribution in [2.75, 3.05) is 13.1 Å². The Kier molecular flexibility index (Phi) is 8.03. The highest BCUT2D eigenvalue weighted by molar-refractivity contribution is 6.31. The van der Waals surface area contributed by atoms with Crippen LogP contribution >= 0.6 is 24.0 Å². The lowest BCUT2D eigenvalue weighted by atomic mass is 10.1. The fourth-order valence-corrected chi connectivity index (χ4v) is 3.10. The number of piperazine rings is 1. The third-order valence-electron chi connectivity index (χ3n) is 4.30. The second kappa shape index (κ2) is 10.3. The minimum absolute atomic E-state index is 0. The van der Waals surface area contributed by atoms with Crippen LogP contribution in [0.2, 0.25) is 5.02 Å². The molecular weight excluding hydrogens is 387 g/mol. The molecule has 0 spiro atoms. The summed E-state index contributed by atoms with van der Waals surface area (Å²) in [6.07, 6.45) is 3.50. The van der Waals surface area contributed by atoms with E-state index in [1.165, 1.54) is 0 Å². The Balaban J connectivity index is 0.00000261. The molecule has 0 bridgehead atoms. The molecule has 2 heterocycles. The van der Waals surface area contributed by atoms with Gasteiger partial charge in [0.05, 0.1) is 12.5 Å². The lowest BCUT2D eigenvalue weighted by molar-refractivity contribution is -0.138. The average molecular weight is 409 g/mol. The Hall–Kier alpha value is -2.15. The lowest BCUT2D eigenvalue weighted by Crippen LogP contribution is -2.55. The highest BCUT2D eigenvalue weighted by Gasteiger charge is 2.30. The molecule has 0 saturated carbocycles. The number of halogens is 2. The predicted octanol–water partition coefficient (Wildman–Crippen LogP) is 2.16. The maximum Gasteiger partial charge on any atom is 0.240 e. The molecule has 2 N–H and O–H groups in total. The van der Waals surface area contributed by atoms with Crippen LogP contribution in [-0.4, -0.2) is 40.8 Å². The summed E-state index contributed by atoms with van der Waals surface area (Å²) in [5.41, 5.74) is 1.83. The number of pyridine rings is 1. The summed E-state index contributed by atoms with van der Waals surface area (Å²) in [6, 6.07) is 10.7. The molecule has 1 aliphatic heterocycles. The van der Waals surface area contributed by atoms with Crippen molar-refractivity contribution >= 4 is 35.8 Å². The topological polar surface area (TPSA) is 74.3 Å². The molecule has 0 radical (unpaired) electrons. The summed E-state index contributed by atoms with van der Waals surface area (Å²) in [7, 11) is 0. The second-order valence-corrected chi connectivity index (χ2v) is 6.61. The van der Waals surface area contributed by atoms with Crippen LogP contribution in [0.15, 0.2) is 48.8 Å². The van der Waals surface area contributed by atoms with Gasteiger partial charge in [0, 0.05) is 43.6 Å². The fraction of sp³-hybridized carbons (Fsp3) is 0.316. The molecule has 1 fully saturated rings. The summed E-state index contributed by atoms with van der Waals surface area (Å²) >= 11 is 6.19. The number of amides is 2. The van der Waals surface area contributed by atoms with Crippen molar-refractivity contribution in [2.24, 2.45) is 0 Å². The van der Waals surface area contributed by atoms with Crippen molar-refractivity contribution in [3.63, 3.8) is 0 Å². The zero-order valence-electron chi connectivity index (χ0n) is 14.7. The maximum absolute atomic E-state index is 12.7. The van der Waals surface area contributed by atoms with Crippen LogP contribution in [0.1, 0.15) is 17.5 Å². The van der Waals surface area contributed by atoms with E-state index in [4.69, 9.17) is 11.6 Å². The van der Waals surface area contributed by atoms with E-state index in [1.54, 1.807) is 17.3 Å². The van der Waals surface area contributed by atoms with E-state index in [1.807, 2.05) is 36.4 Å². The third kappa shape index (κ3) is 5.92. The minimum atomic E-state index is -0.514. The Labute approximate surface area is 169 Å². The molecule has 144 valence electrons. The van der Waals surface area contributed by atoms with E-state index < -0.39 is 6.04 Å². The number of rotatable bonds is 6. The van der Waals surface area contributed by atoms with Crippen LogP contribution < -0.4 is 10.6 Å². The number of hydrogen-bond donors (Lipinski definition) is 2. The van der Waals surface area contributed by atoms with Crippen molar-refractivity contribution in [2.45, 2.75) is 25.6 Å². The first-order valence-electron chi connectivity index (χ1n) is 8.54. The van der Waals surface area contributed by atoms with E-state index in [0.29, 0.717) is 31.2 Å². The zero-order valence-corrected chi connectivity index (χ0v) is 16.3. The van der Waals surface area contributed by atoms with Crippen molar-refractivity contribution in [1.29, 1.82) is 0 Å².